The van der Waals surface area contributed by atoms with Gasteiger partial charge in [0.25, 0.3) is 11.8 Å². The number of carbonyl (C=O) groups excluding carboxylic acids is 2. The lowest BCUT2D eigenvalue weighted by Crippen LogP contribution is -2.50. The Morgan fingerprint density at radius 1 is 1.14 bits per heavy atom. The average Bonchev–Trinajstić information content (AvgIpc) is 2.70. The maximum atomic E-state index is 13.2. The van der Waals surface area contributed by atoms with Crippen molar-refractivity contribution in [2.75, 3.05) is 24.2 Å². The summed E-state index contributed by atoms with van der Waals surface area (Å²) in [4.78, 5) is 27.1. The van der Waals surface area contributed by atoms with Gasteiger partial charge in [-0.2, -0.15) is 0 Å². The first kappa shape index (κ1) is 20.9. The molecule has 2 aromatic carbocycles. The van der Waals surface area contributed by atoms with Crippen molar-refractivity contribution in [2.45, 2.75) is 25.2 Å². The summed E-state index contributed by atoms with van der Waals surface area (Å²) in [6.07, 6.45) is 1.17. The van der Waals surface area contributed by atoms with Crippen molar-refractivity contribution in [3.63, 3.8) is 0 Å². The first-order valence-corrected chi connectivity index (χ1v) is 11.5. The van der Waals surface area contributed by atoms with Gasteiger partial charge in [0.15, 0.2) is 15.9 Å². The minimum atomic E-state index is -3.15. The highest BCUT2D eigenvalue weighted by Gasteiger charge is 2.34. The molecule has 8 heteroatoms. The van der Waals surface area contributed by atoms with Crippen molar-refractivity contribution in [3.05, 3.63) is 59.7 Å². The number of sulfone groups is 1. The SMILES string of the molecule is CCCNC(=O)[C@@H]1CN(C(=O)c2ccc(CS(C)(=O)=O)cc2)c2ccccc2O1. The predicted molar refractivity (Wildman–Crippen MR) is 111 cm³/mol. The van der Waals surface area contributed by atoms with Crippen molar-refractivity contribution in [1.29, 1.82) is 0 Å². The molecule has 1 aliphatic rings. The number of rotatable bonds is 6. The molecule has 0 spiro atoms. The molecule has 0 aliphatic carbocycles. The van der Waals surface area contributed by atoms with Crippen molar-refractivity contribution < 1.29 is 22.7 Å². The number of hydrogen-bond donors (Lipinski definition) is 1. The van der Waals surface area contributed by atoms with Crippen LogP contribution in [0, 0.1) is 0 Å². The molecule has 0 unspecified atom stereocenters. The molecule has 154 valence electrons. The van der Waals surface area contributed by atoms with E-state index in [-0.39, 0.29) is 24.1 Å². The fraction of sp³-hybridized carbons (Fsp3) is 0.333. The van der Waals surface area contributed by atoms with Gasteiger partial charge >= 0.3 is 0 Å². The van der Waals surface area contributed by atoms with Crippen LogP contribution in [-0.4, -0.2) is 45.7 Å². The Labute approximate surface area is 170 Å². The second-order valence-corrected chi connectivity index (χ2v) is 9.19. The molecule has 0 bridgehead atoms. The number of ether oxygens (including phenoxy) is 1. The van der Waals surface area contributed by atoms with E-state index in [1.807, 2.05) is 6.92 Å². The van der Waals surface area contributed by atoms with Crippen LogP contribution < -0.4 is 15.0 Å². The molecule has 29 heavy (non-hydrogen) atoms. The fourth-order valence-corrected chi connectivity index (χ4v) is 3.93. The van der Waals surface area contributed by atoms with Crippen LogP contribution in [0.15, 0.2) is 48.5 Å². The van der Waals surface area contributed by atoms with E-state index < -0.39 is 15.9 Å². The Hall–Kier alpha value is -2.87. The number of hydrogen-bond acceptors (Lipinski definition) is 5. The number of anilines is 1. The van der Waals surface area contributed by atoms with Crippen molar-refractivity contribution in [2.24, 2.45) is 0 Å². The lowest BCUT2D eigenvalue weighted by Gasteiger charge is -2.34. The number of nitrogens with one attached hydrogen (secondary N) is 1. The van der Waals surface area contributed by atoms with Crippen LogP contribution in [0.1, 0.15) is 29.3 Å². The Morgan fingerprint density at radius 3 is 2.48 bits per heavy atom. The number of nitrogens with zero attached hydrogens (tertiary/aromatic N) is 1. The third kappa shape index (κ3) is 5.14. The van der Waals surface area contributed by atoms with Crippen LogP contribution >= 0.6 is 0 Å². The van der Waals surface area contributed by atoms with Gasteiger partial charge in [-0.05, 0) is 36.2 Å². The number of para-hydroxylation sites is 2. The van der Waals surface area contributed by atoms with Crippen LogP contribution in [0.5, 0.6) is 5.75 Å². The Bertz CT molecular complexity index is 1000. The van der Waals surface area contributed by atoms with E-state index in [0.29, 0.717) is 29.1 Å². The van der Waals surface area contributed by atoms with Gasteiger partial charge in [0.2, 0.25) is 0 Å². The molecular formula is C21H24N2O5S. The lowest BCUT2D eigenvalue weighted by molar-refractivity contribution is -0.127. The second-order valence-electron chi connectivity index (χ2n) is 7.05. The van der Waals surface area contributed by atoms with Crippen LogP contribution in [0.2, 0.25) is 0 Å². The van der Waals surface area contributed by atoms with E-state index in [1.165, 1.54) is 11.2 Å². The molecule has 0 saturated carbocycles. The van der Waals surface area contributed by atoms with Gasteiger partial charge in [-0.3, -0.25) is 9.59 Å². The van der Waals surface area contributed by atoms with Gasteiger partial charge < -0.3 is 15.0 Å². The highest BCUT2D eigenvalue weighted by molar-refractivity contribution is 7.89. The minimum absolute atomic E-state index is 0.0818. The van der Waals surface area contributed by atoms with E-state index >= 15 is 0 Å². The zero-order valence-corrected chi connectivity index (χ0v) is 17.2. The highest BCUT2D eigenvalue weighted by atomic mass is 32.2. The molecule has 1 heterocycles. The Balaban J connectivity index is 1.85. The first-order chi connectivity index (χ1) is 13.8. The van der Waals surface area contributed by atoms with Crippen molar-refractivity contribution in [1.82, 2.24) is 5.32 Å². The van der Waals surface area contributed by atoms with E-state index in [0.717, 1.165) is 6.42 Å². The number of fused-ring (bicyclic) bond motifs is 1. The molecule has 7 nitrogen and oxygen atoms in total. The van der Waals surface area contributed by atoms with Crippen LogP contribution in [0.25, 0.3) is 0 Å². The van der Waals surface area contributed by atoms with Crippen molar-refractivity contribution in [3.8, 4) is 5.75 Å². The molecule has 3 rings (SSSR count). The van der Waals surface area contributed by atoms with E-state index in [4.69, 9.17) is 4.74 Å². The second kappa shape index (κ2) is 8.65. The summed E-state index contributed by atoms with van der Waals surface area (Å²) in [6.45, 7) is 2.59. The predicted octanol–water partition coefficient (Wildman–Crippen LogP) is 2.17. The van der Waals surface area contributed by atoms with Gasteiger partial charge in [-0.25, -0.2) is 8.42 Å². The van der Waals surface area contributed by atoms with Gasteiger partial charge in [-0.15, -0.1) is 0 Å². The minimum Gasteiger partial charge on any atom is -0.477 e. The zero-order chi connectivity index (χ0) is 21.0. The van der Waals surface area contributed by atoms with Gasteiger partial charge in [0.05, 0.1) is 18.0 Å². The summed E-state index contributed by atoms with van der Waals surface area (Å²) in [6, 6.07) is 13.6. The smallest absolute Gasteiger partial charge is 0.262 e. The summed E-state index contributed by atoms with van der Waals surface area (Å²) >= 11 is 0. The average molecular weight is 416 g/mol. The Kier molecular flexibility index (Phi) is 6.22. The molecular weight excluding hydrogens is 392 g/mol. The van der Waals surface area contributed by atoms with E-state index in [2.05, 4.69) is 5.32 Å². The molecule has 0 fully saturated rings. The molecule has 1 N–H and O–H groups in total. The summed E-state index contributed by atoms with van der Waals surface area (Å²) in [7, 11) is -3.15. The highest BCUT2D eigenvalue weighted by Crippen LogP contribution is 2.34. The summed E-state index contributed by atoms with van der Waals surface area (Å²) in [5.41, 5.74) is 1.62. The van der Waals surface area contributed by atoms with Gasteiger partial charge in [-0.1, -0.05) is 31.2 Å². The molecule has 2 aromatic rings. The maximum Gasteiger partial charge on any atom is 0.262 e. The summed E-state index contributed by atoms with van der Waals surface area (Å²) < 4.78 is 28.7. The molecule has 1 aliphatic heterocycles. The molecule has 0 saturated heterocycles. The quantitative estimate of drug-likeness (QED) is 0.779. The normalized spacial score (nSPS) is 15.9. The molecule has 0 aromatic heterocycles. The first-order valence-electron chi connectivity index (χ1n) is 9.40. The number of carbonyl (C=O) groups is 2. The third-order valence-corrected chi connectivity index (χ3v) is 5.35. The maximum absolute atomic E-state index is 13.2. The van der Waals surface area contributed by atoms with Gasteiger partial charge in [0, 0.05) is 18.4 Å². The number of amides is 2. The standard InChI is InChI=1S/C21H24N2O5S/c1-3-12-22-20(24)19-13-23(17-6-4-5-7-18(17)28-19)21(25)16-10-8-15(9-11-16)14-29(2,26)27/h4-11,19H,3,12-14H2,1-2H3,(H,22,24)/t19-/m0/s1. The lowest BCUT2D eigenvalue weighted by atomic mass is 10.1. The monoisotopic (exact) mass is 416 g/mol. The van der Waals surface area contributed by atoms with Gasteiger partial charge in [0.1, 0.15) is 5.75 Å². The van der Waals surface area contributed by atoms with Crippen LogP contribution in [0.3, 0.4) is 0 Å². The Morgan fingerprint density at radius 2 is 1.83 bits per heavy atom. The largest absolute Gasteiger partial charge is 0.477 e. The number of benzene rings is 2. The van der Waals surface area contributed by atoms with Crippen molar-refractivity contribution >= 4 is 27.3 Å². The molecule has 1 atom stereocenters. The molecule has 2 amide bonds. The molecule has 0 radical (unpaired) electrons. The van der Waals surface area contributed by atoms with Crippen LogP contribution in [0.4, 0.5) is 5.69 Å². The van der Waals surface area contributed by atoms with E-state index in [1.54, 1.807) is 48.5 Å². The summed E-state index contributed by atoms with van der Waals surface area (Å²) in [5, 5.41) is 2.80. The topological polar surface area (TPSA) is 92.8 Å². The van der Waals surface area contributed by atoms with Crippen LogP contribution in [-0.2, 0) is 20.4 Å². The van der Waals surface area contributed by atoms with E-state index in [9.17, 15) is 18.0 Å². The fourth-order valence-electron chi connectivity index (χ4n) is 3.13. The zero-order valence-electron chi connectivity index (χ0n) is 16.4. The third-order valence-electron chi connectivity index (χ3n) is 4.49. The summed E-state index contributed by atoms with van der Waals surface area (Å²) in [5.74, 6) is -0.151.